The Morgan fingerprint density at radius 1 is 0.679 bits per heavy atom. The molecule has 0 aromatic heterocycles. The first-order chi connectivity index (χ1) is 13.7. The normalized spacial score (nSPS) is 11.1. The summed E-state index contributed by atoms with van der Waals surface area (Å²) in [4.78, 5) is 13.8. The molecule has 5 N–H and O–H groups in total. The van der Waals surface area contributed by atoms with Crippen LogP contribution in [0.25, 0.3) is 0 Å². The lowest BCUT2D eigenvalue weighted by atomic mass is 10.1. The molecule has 0 fully saturated rings. The lowest BCUT2D eigenvalue weighted by molar-refractivity contribution is -0.128. The maximum Gasteiger partial charge on any atom is 0.219 e. The number of rotatable bonds is 22. The van der Waals surface area contributed by atoms with Gasteiger partial charge in [-0.1, -0.05) is 64.7 Å². The summed E-state index contributed by atoms with van der Waals surface area (Å²) in [6, 6.07) is 0. The lowest BCUT2D eigenvalue weighted by Crippen LogP contribution is -2.38. The van der Waals surface area contributed by atoms with E-state index in [2.05, 4.69) is 22.9 Å². The maximum absolute atomic E-state index is 11.8. The van der Waals surface area contributed by atoms with Crippen molar-refractivity contribution < 1.29 is 4.79 Å². The Hall–Kier alpha value is -0.690. The van der Waals surface area contributed by atoms with Crippen LogP contribution in [0.5, 0.6) is 0 Å². The molecule has 0 aromatic rings. The van der Waals surface area contributed by atoms with E-state index in [1.54, 1.807) is 6.92 Å². The van der Waals surface area contributed by atoms with E-state index in [4.69, 9.17) is 5.73 Å². The topological polar surface area (TPSA) is 82.4 Å². The van der Waals surface area contributed by atoms with Crippen molar-refractivity contribution >= 4 is 5.91 Å². The Balaban J connectivity index is 3.45. The third kappa shape index (κ3) is 20.1. The fourth-order valence-corrected chi connectivity index (χ4v) is 3.26. The Bertz CT molecular complexity index is 304. The van der Waals surface area contributed by atoms with E-state index in [9.17, 15) is 4.79 Å². The minimum absolute atomic E-state index is 0.196. The number of carbonyl (C=O) groups is 1. The van der Waals surface area contributed by atoms with Gasteiger partial charge >= 0.3 is 0 Å². The van der Waals surface area contributed by atoms with Crippen molar-refractivity contribution in [2.75, 3.05) is 58.9 Å². The number of hydrogen-bond acceptors (Lipinski definition) is 5. The summed E-state index contributed by atoms with van der Waals surface area (Å²) >= 11 is 0. The van der Waals surface area contributed by atoms with Gasteiger partial charge in [-0.3, -0.25) is 4.79 Å². The van der Waals surface area contributed by atoms with Gasteiger partial charge in [0.25, 0.3) is 0 Å². The third-order valence-corrected chi connectivity index (χ3v) is 5.06. The van der Waals surface area contributed by atoms with Crippen LogP contribution in [0.2, 0.25) is 0 Å². The number of hydrogen-bond donors (Lipinski definition) is 4. The highest BCUT2D eigenvalue weighted by molar-refractivity contribution is 5.73. The van der Waals surface area contributed by atoms with Crippen molar-refractivity contribution in [3.05, 3.63) is 0 Å². The van der Waals surface area contributed by atoms with Gasteiger partial charge in [0.15, 0.2) is 0 Å². The fourth-order valence-electron chi connectivity index (χ4n) is 3.26. The maximum atomic E-state index is 11.8. The number of nitrogens with two attached hydrogens (primary N) is 1. The molecule has 0 saturated heterocycles. The van der Waals surface area contributed by atoms with Gasteiger partial charge in [0, 0.05) is 65.8 Å². The molecule has 0 aliphatic heterocycles. The Morgan fingerprint density at radius 2 is 1.14 bits per heavy atom. The van der Waals surface area contributed by atoms with Crippen LogP contribution in [0.4, 0.5) is 0 Å². The van der Waals surface area contributed by atoms with E-state index < -0.39 is 0 Å². The van der Waals surface area contributed by atoms with Crippen LogP contribution >= 0.6 is 0 Å². The molecule has 0 spiro atoms. The SMILES string of the molecule is CCCCCCCCCCCCN(CCNCCNCCNCCN)C(C)=O. The van der Waals surface area contributed by atoms with E-state index in [1.165, 1.54) is 57.8 Å². The van der Waals surface area contributed by atoms with Crippen molar-refractivity contribution in [3.8, 4) is 0 Å². The van der Waals surface area contributed by atoms with Crippen molar-refractivity contribution in [1.29, 1.82) is 0 Å². The standard InChI is InChI=1S/C22H49N5O/c1-3-4-5-6-7-8-9-10-11-12-20-27(22(2)28)21-19-26-18-17-25-16-15-24-14-13-23/h24-26H,3-21,23H2,1-2H3. The van der Waals surface area contributed by atoms with Crippen molar-refractivity contribution in [2.45, 2.75) is 78.1 Å². The second kappa shape index (κ2) is 22.6. The summed E-state index contributed by atoms with van der Waals surface area (Å²) in [7, 11) is 0. The number of amides is 1. The van der Waals surface area contributed by atoms with Crippen molar-refractivity contribution in [3.63, 3.8) is 0 Å². The highest BCUT2D eigenvalue weighted by Crippen LogP contribution is 2.10. The predicted octanol–water partition coefficient (Wildman–Crippen LogP) is 2.48. The van der Waals surface area contributed by atoms with Crippen LogP contribution < -0.4 is 21.7 Å². The van der Waals surface area contributed by atoms with Gasteiger partial charge in [0.05, 0.1) is 0 Å². The van der Waals surface area contributed by atoms with Crippen LogP contribution in [0, 0.1) is 0 Å². The van der Waals surface area contributed by atoms with E-state index >= 15 is 0 Å². The van der Waals surface area contributed by atoms with Crippen LogP contribution in [0.1, 0.15) is 78.1 Å². The lowest BCUT2D eigenvalue weighted by Gasteiger charge is -2.21. The third-order valence-electron chi connectivity index (χ3n) is 5.06. The smallest absolute Gasteiger partial charge is 0.219 e. The number of carbonyl (C=O) groups excluding carboxylic acids is 1. The van der Waals surface area contributed by atoms with Gasteiger partial charge in [-0.05, 0) is 6.42 Å². The molecule has 1 amide bonds. The summed E-state index contributed by atoms with van der Waals surface area (Å²) in [5, 5.41) is 10.1. The first kappa shape index (κ1) is 27.3. The van der Waals surface area contributed by atoms with Crippen LogP contribution in [0.3, 0.4) is 0 Å². The van der Waals surface area contributed by atoms with Crippen LogP contribution in [-0.2, 0) is 4.79 Å². The predicted molar refractivity (Wildman–Crippen MR) is 122 cm³/mol. The zero-order valence-corrected chi connectivity index (χ0v) is 18.9. The summed E-state index contributed by atoms with van der Waals surface area (Å²) < 4.78 is 0. The summed E-state index contributed by atoms with van der Waals surface area (Å²) in [5.41, 5.74) is 5.43. The van der Waals surface area contributed by atoms with Crippen molar-refractivity contribution in [2.24, 2.45) is 5.73 Å². The summed E-state index contributed by atoms with van der Waals surface area (Å²) in [6.07, 6.45) is 13.3. The van der Waals surface area contributed by atoms with E-state index in [0.717, 1.165) is 58.8 Å². The van der Waals surface area contributed by atoms with E-state index in [1.807, 2.05) is 4.90 Å². The average Bonchev–Trinajstić information content (AvgIpc) is 2.68. The zero-order valence-electron chi connectivity index (χ0n) is 18.9. The Morgan fingerprint density at radius 3 is 1.64 bits per heavy atom. The average molecular weight is 400 g/mol. The van der Waals surface area contributed by atoms with E-state index in [-0.39, 0.29) is 5.91 Å². The molecule has 28 heavy (non-hydrogen) atoms. The molecular weight excluding hydrogens is 350 g/mol. The quantitative estimate of drug-likeness (QED) is 0.210. The number of nitrogens with zero attached hydrogens (tertiary/aromatic N) is 1. The first-order valence-electron chi connectivity index (χ1n) is 11.8. The molecule has 0 aliphatic rings. The molecule has 6 nitrogen and oxygen atoms in total. The second-order valence-electron chi connectivity index (χ2n) is 7.73. The molecule has 0 aromatic carbocycles. The van der Waals surface area contributed by atoms with Gasteiger partial charge in [0.1, 0.15) is 0 Å². The largest absolute Gasteiger partial charge is 0.342 e. The molecular formula is C22H49N5O. The van der Waals surface area contributed by atoms with Gasteiger partial charge in [-0.25, -0.2) is 0 Å². The van der Waals surface area contributed by atoms with Gasteiger partial charge in [0.2, 0.25) is 5.91 Å². The molecule has 0 bridgehead atoms. The van der Waals surface area contributed by atoms with E-state index in [0.29, 0.717) is 6.54 Å². The first-order valence-corrected chi connectivity index (χ1v) is 11.8. The number of nitrogens with one attached hydrogen (secondary N) is 3. The molecule has 0 aliphatic carbocycles. The molecule has 6 heteroatoms. The fraction of sp³-hybridized carbons (Fsp3) is 0.955. The molecule has 0 heterocycles. The monoisotopic (exact) mass is 399 g/mol. The minimum atomic E-state index is 0.196. The Kier molecular flexibility index (Phi) is 22.0. The number of unbranched alkanes of at least 4 members (excludes halogenated alkanes) is 9. The molecule has 0 radical (unpaired) electrons. The second-order valence-corrected chi connectivity index (χ2v) is 7.73. The molecule has 0 saturated carbocycles. The van der Waals surface area contributed by atoms with Gasteiger partial charge in [-0.2, -0.15) is 0 Å². The highest BCUT2D eigenvalue weighted by atomic mass is 16.2. The van der Waals surface area contributed by atoms with Crippen molar-refractivity contribution in [1.82, 2.24) is 20.9 Å². The molecule has 0 atom stereocenters. The minimum Gasteiger partial charge on any atom is -0.342 e. The van der Waals surface area contributed by atoms with Crippen LogP contribution in [0.15, 0.2) is 0 Å². The molecule has 0 rings (SSSR count). The van der Waals surface area contributed by atoms with Gasteiger partial charge < -0.3 is 26.6 Å². The zero-order chi connectivity index (χ0) is 20.7. The van der Waals surface area contributed by atoms with Crippen LogP contribution in [-0.4, -0.2) is 69.7 Å². The van der Waals surface area contributed by atoms with Gasteiger partial charge in [-0.15, -0.1) is 0 Å². The summed E-state index contributed by atoms with van der Waals surface area (Å²) in [5.74, 6) is 0.196. The molecule has 0 unspecified atom stereocenters. The Labute approximate surface area is 174 Å². The summed E-state index contributed by atoms with van der Waals surface area (Å²) in [6.45, 7) is 11.9. The highest BCUT2D eigenvalue weighted by Gasteiger charge is 2.07. The molecule has 168 valence electrons.